The molecule has 158 valence electrons. The molecule has 1 unspecified atom stereocenters. The number of halogens is 1. The Hall–Kier alpha value is -2.73. The third kappa shape index (κ3) is 3.60. The normalized spacial score (nSPS) is 16.5. The van der Waals surface area contributed by atoms with Crippen molar-refractivity contribution in [2.75, 3.05) is 19.6 Å². The van der Waals surface area contributed by atoms with E-state index in [2.05, 4.69) is 22.5 Å². The molecule has 30 heavy (non-hydrogen) atoms. The van der Waals surface area contributed by atoms with Gasteiger partial charge in [-0.3, -0.25) is 9.48 Å². The maximum atomic E-state index is 14.2. The molecular formula is C24H29FN4O. The first-order valence-electron chi connectivity index (χ1n) is 10.7. The highest BCUT2D eigenvalue weighted by Crippen LogP contribution is 2.36. The van der Waals surface area contributed by atoms with E-state index in [0.29, 0.717) is 18.0 Å². The maximum absolute atomic E-state index is 14.2. The van der Waals surface area contributed by atoms with Gasteiger partial charge in [0.05, 0.1) is 17.3 Å². The van der Waals surface area contributed by atoms with Crippen LogP contribution in [0.1, 0.15) is 49.0 Å². The molecule has 1 aliphatic rings. The number of nitrogens with zero attached hydrogens (tertiary/aromatic N) is 3. The van der Waals surface area contributed by atoms with Crippen LogP contribution in [0.5, 0.6) is 0 Å². The topological polar surface area (TPSA) is 50.2 Å². The molecule has 0 bridgehead atoms. The quantitative estimate of drug-likeness (QED) is 0.684. The van der Waals surface area contributed by atoms with Crippen molar-refractivity contribution in [2.45, 2.75) is 39.2 Å². The zero-order chi connectivity index (χ0) is 21.4. The van der Waals surface area contributed by atoms with Gasteiger partial charge in [0.2, 0.25) is 0 Å². The van der Waals surface area contributed by atoms with Gasteiger partial charge in [-0.25, -0.2) is 4.39 Å². The summed E-state index contributed by atoms with van der Waals surface area (Å²) < 4.78 is 16.1. The van der Waals surface area contributed by atoms with Gasteiger partial charge in [0.15, 0.2) is 0 Å². The number of rotatable bonds is 5. The van der Waals surface area contributed by atoms with Gasteiger partial charge in [-0.15, -0.1) is 0 Å². The summed E-state index contributed by atoms with van der Waals surface area (Å²) in [7, 11) is 1.93. The Morgan fingerprint density at radius 1 is 1.30 bits per heavy atom. The Bertz CT molecular complexity index is 1080. The Labute approximate surface area is 176 Å². The second kappa shape index (κ2) is 8.19. The van der Waals surface area contributed by atoms with Gasteiger partial charge in [0, 0.05) is 31.6 Å². The fourth-order valence-corrected chi connectivity index (χ4v) is 4.49. The fraction of sp³-hybridized carbons (Fsp3) is 0.417. The molecule has 5 nitrogen and oxygen atoms in total. The number of aromatic nitrogens is 2. The number of fused-ring (bicyclic) bond motifs is 1. The molecule has 1 aromatic heterocycles. The first-order chi connectivity index (χ1) is 14.4. The Balaban J connectivity index is 1.93. The monoisotopic (exact) mass is 408 g/mol. The van der Waals surface area contributed by atoms with Crippen LogP contribution in [0.25, 0.3) is 22.0 Å². The van der Waals surface area contributed by atoms with Crippen LogP contribution in [-0.4, -0.2) is 46.3 Å². The smallest absolute Gasteiger partial charge is 0.254 e. The molecule has 2 aromatic carbocycles. The standard InChI is InChI=1S/C24H29FN4O/c1-5-29(15(2)3)24(30)21-12-18(25)6-7-19(21)20-10-17(16-8-9-26-13-16)11-23-22(20)14-27-28(23)4/h6-7,10-12,14-16,26H,5,8-9,13H2,1-4H3. The molecular weight excluding hydrogens is 379 g/mol. The minimum absolute atomic E-state index is 0.0351. The van der Waals surface area contributed by atoms with E-state index in [-0.39, 0.29) is 11.9 Å². The summed E-state index contributed by atoms with van der Waals surface area (Å²) in [6, 6.07) is 8.93. The van der Waals surface area contributed by atoms with E-state index in [9.17, 15) is 9.18 Å². The van der Waals surface area contributed by atoms with Gasteiger partial charge in [0.25, 0.3) is 5.91 Å². The van der Waals surface area contributed by atoms with Crippen molar-refractivity contribution < 1.29 is 9.18 Å². The SMILES string of the molecule is CCN(C(=O)c1cc(F)ccc1-c1cc(C2CCNC2)cc2c1cnn2C)C(C)C. The number of carbonyl (C=O) groups excluding carboxylic acids is 1. The fourth-order valence-electron chi connectivity index (χ4n) is 4.49. The minimum Gasteiger partial charge on any atom is -0.336 e. The van der Waals surface area contributed by atoms with Gasteiger partial charge < -0.3 is 10.2 Å². The number of hydrogen-bond acceptors (Lipinski definition) is 3. The lowest BCUT2D eigenvalue weighted by Gasteiger charge is -2.26. The van der Waals surface area contributed by atoms with Crippen molar-refractivity contribution in [1.29, 1.82) is 0 Å². The molecule has 4 rings (SSSR count). The largest absolute Gasteiger partial charge is 0.336 e. The molecule has 0 radical (unpaired) electrons. The lowest BCUT2D eigenvalue weighted by atomic mass is 9.90. The Morgan fingerprint density at radius 3 is 2.77 bits per heavy atom. The molecule has 1 saturated heterocycles. The van der Waals surface area contributed by atoms with Crippen LogP contribution in [-0.2, 0) is 7.05 Å². The summed E-state index contributed by atoms with van der Waals surface area (Å²) in [5, 5.41) is 8.85. The first-order valence-corrected chi connectivity index (χ1v) is 10.7. The van der Waals surface area contributed by atoms with Crippen LogP contribution in [0.4, 0.5) is 4.39 Å². The average molecular weight is 409 g/mol. The lowest BCUT2D eigenvalue weighted by Crippen LogP contribution is -2.37. The molecule has 3 aromatic rings. The molecule has 0 spiro atoms. The summed E-state index contributed by atoms with van der Waals surface area (Å²) in [5.74, 6) is -0.127. The zero-order valence-corrected chi connectivity index (χ0v) is 18.1. The van der Waals surface area contributed by atoms with E-state index in [1.54, 1.807) is 11.0 Å². The van der Waals surface area contributed by atoms with Crippen LogP contribution in [0, 0.1) is 5.82 Å². The molecule has 1 atom stereocenters. The molecule has 0 aliphatic carbocycles. The van der Waals surface area contributed by atoms with Gasteiger partial charge in [-0.05, 0) is 80.6 Å². The van der Waals surface area contributed by atoms with Crippen LogP contribution in [0.3, 0.4) is 0 Å². The number of amides is 1. The number of aryl methyl sites for hydroxylation is 1. The lowest BCUT2D eigenvalue weighted by molar-refractivity contribution is 0.0717. The van der Waals surface area contributed by atoms with Crippen molar-refractivity contribution in [3.05, 3.63) is 53.5 Å². The highest BCUT2D eigenvalue weighted by Gasteiger charge is 2.24. The third-order valence-electron chi connectivity index (χ3n) is 6.15. The predicted octanol–water partition coefficient (Wildman–Crippen LogP) is 4.33. The van der Waals surface area contributed by atoms with Gasteiger partial charge in [-0.2, -0.15) is 5.10 Å². The average Bonchev–Trinajstić information content (AvgIpc) is 3.38. The second-order valence-corrected chi connectivity index (χ2v) is 8.33. The predicted molar refractivity (Wildman–Crippen MR) is 118 cm³/mol. The highest BCUT2D eigenvalue weighted by atomic mass is 19.1. The van der Waals surface area contributed by atoms with E-state index >= 15 is 0 Å². The maximum Gasteiger partial charge on any atom is 0.254 e. The summed E-state index contributed by atoms with van der Waals surface area (Å²) >= 11 is 0. The summed E-state index contributed by atoms with van der Waals surface area (Å²) in [4.78, 5) is 15.1. The van der Waals surface area contributed by atoms with Crippen molar-refractivity contribution >= 4 is 16.8 Å². The highest BCUT2D eigenvalue weighted by molar-refractivity contribution is 6.05. The molecule has 6 heteroatoms. The van der Waals surface area contributed by atoms with E-state index in [1.807, 2.05) is 38.7 Å². The Morgan fingerprint density at radius 2 is 2.10 bits per heavy atom. The first kappa shape index (κ1) is 20.5. The summed E-state index contributed by atoms with van der Waals surface area (Å²) in [5.41, 5.74) is 4.34. The van der Waals surface area contributed by atoms with Gasteiger partial charge in [0.1, 0.15) is 5.82 Å². The molecule has 1 N–H and O–H groups in total. The van der Waals surface area contributed by atoms with E-state index in [1.165, 1.54) is 17.7 Å². The van der Waals surface area contributed by atoms with Crippen LogP contribution >= 0.6 is 0 Å². The number of benzene rings is 2. The van der Waals surface area contributed by atoms with Gasteiger partial charge >= 0.3 is 0 Å². The van der Waals surface area contributed by atoms with Crippen molar-refractivity contribution in [2.24, 2.45) is 7.05 Å². The van der Waals surface area contributed by atoms with E-state index in [0.717, 1.165) is 41.5 Å². The minimum atomic E-state index is -0.402. The van der Waals surface area contributed by atoms with Crippen molar-refractivity contribution in [1.82, 2.24) is 20.0 Å². The van der Waals surface area contributed by atoms with Crippen LogP contribution in [0.15, 0.2) is 36.5 Å². The Kier molecular flexibility index (Phi) is 5.60. The second-order valence-electron chi connectivity index (χ2n) is 8.33. The van der Waals surface area contributed by atoms with E-state index < -0.39 is 5.82 Å². The molecule has 1 amide bonds. The molecule has 1 aliphatic heterocycles. The van der Waals surface area contributed by atoms with Gasteiger partial charge in [-0.1, -0.05) is 6.07 Å². The molecule has 2 heterocycles. The summed E-state index contributed by atoms with van der Waals surface area (Å²) in [6.07, 6.45) is 2.91. The molecule has 0 saturated carbocycles. The van der Waals surface area contributed by atoms with Crippen molar-refractivity contribution in [3.8, 4) is 11.1 Å². The third-order valence-corrected chi connectivity index (χ3v) is 6.15. The number of nitrogens with one attached hydrogen (secondary N) is 1. The van der Waals surface area contributed by atoms with Crippen LogP contribution < -0.4 is 5.32 Å². The summed E-state index contributed by atoms with van der Waals surface area (Å²) in [6.45, 7) is 8.42. The van der Waals surface area contributed by atoms with Crippen LogP contribution in [0.2, 0.25) is 0 Å². The number of carbonyl (C=O) groups is 1. The van der Waals surface area contributed by atoms with E-state index in [4.69, 9.17) is 0 Å². The number of hydrogen-bond donors (Lipinski definition) is 1. The molecule has 1 fully saturated rings. The zero-order valence-electron chi connectivity index (χ0n) is 18.1. The van der Waals surface area contributed by atoms with Crippen molar-refractivity contribution in [3.63, 3.8) is 0 Å².